The van der Waals surface area contributed by atoms with E-state index in [0.29, 0.717) is 22.9 Å². The number of benzene rings is 2. The van der Waals surface area contributed by atoms with Crippen molar-refractivity contribution in [2.75, 3.05) is 11.9 Å². The van der Waals surface area contributed by atoms with Crippen LogP contribution in [0.2, 0.25) is 0 Å². The summed E-state index contributed by atoms with van der Waals surface area (Å²) in [6, 6.07) is 12.1. The van der Waals surface area contributed by atoms with Crippen LogP contribution >= 0.6 is 0 Å². The van der Waals surface area contributed by atoms with E-state index in [1.54, 1.807) is 25.1 Å². The highest BCUT2D eigenvalue weighted by molar-refractivity contribution is 5.92. The van der Waals surface area contributed by atoms with Crippen molar-refractivity contribution in [2.45, 2.75) is 26.7 Å². The summed E-state index contributed by atoms with van der Waals surface area (Å²) in [4.78, 5) is 22.4. The average Bonchev–Trinajstić information content (AvgIpc) is 2.54. The average molecular weight is 328 g/mol. The molecule has 0 unspecified atom stereocenters. The molecule has 0 heterocycles. The van der Waals surface area contributed by atoms with E-state index in [-0.39, 0.29) is 18.2 Å². The fraction of sp³-hybridized carbons (Fsp3) is 0.278. The molecule has 1 amide bonds. The number of nitro groups is 1. The quantitative estimate of drug-likeness (QED) is 0.641. The Morgan fingerprint density at radius 3 is 2.67 bits per heavy atom. The van der Waals surface area contributed by atoms with E-state index in [1.807, 2.05) is 18.2 Å². The van der Waals surface area contributed by atoms with Crippen molar-refractivity contribution in [3.8, 4) is 5.75 Å². The summed E-state index contributed by atoms with van der Waals surface area (Å²) in [5, 5.41) is 13.5. The molecule has 6 heteroatoms. The molecule has 0 aliphatic carbocycles. The third-order valence-corrected chi connectivity index (χ3v) is 3.58. The van der Waals surface area contributed by atoms with Crippen molar-refractivity contribution in [1.82, 2.24) is 0 Å². The van der Waals surface area contributed by atoms with Crippen LogP contribution in [0.3, 0.4) is 0 Å². The van der Waals surface area contributed by atoms with Crippen LogP contribution in [0.15, 0.2) is 42.5 Å². The van der Waals surface area contributed by atoms with Gasteiger partial charge in [-0.15, -0.1) is 0 Å². The van der Waals surface area contributed by atoms with Gasteiger partial charge >= 0.3 is 0 Å². The van der Waals surface area contributed by atoms with E-state index in [1.165, 1.54) is 6.07 Å². The van der Waals surface area contributed by atoms with Crippen LogP contribution in [-0.2, 0) is 4.79 Å². The summed E-state index contributed by atoms with van der Waals surface area (Å²) in [5.74, 6) is 0.616. The molecule has 2 aromatic rings. The summed E-state index contributed by atoms with van der Waals surface area (Å²) in [7, 11) is 0. The molecule has 0 fully saturated rings. The first kappa shape index (κ1) is 17.5. The van der Waals surface area contributed by atoms with Gasteiger partial charge in [0.25, 0.3) is 11.6 Å². The van der Waals surface area contributed by atoms with Gasteiger partial charge in [0.1, 0.15) is 5.75 Å². The van der Waals surface area contributed by atoms with E-state index < -0.39 is 4.92 Å². The van der Waals surface area contributed by atoms with Gasteiger partial charge in [-0.2, -0.15) is 0 Å². The van der Waals surface area contributed by atoms with Gasteiger partial charge in [-0.05, 0) is 36.6 Å². The molecular weight excluding hydrogens is 308 g/mol. The normalized spacial score (nSPS) is 10.5. The van der Waals surface area contributed by atoms with Crippen molar-refractivity contribution in [2.24, 2.45) is 0 Å². The number of hydrogen-bond donors (Lipinski definition) is 1. The first-order chi connectivity index (χ1) is 11.4. The van der Waals surface area contributed by atoms with Crippen LogP contribution in [0.1, 0.15) is 30.9 Å². The maximum Gasteiger partial charge on any atom is 0.274 e. The lowest BCUT2D eigenvalue weighted by Crippen LogP contribution is -2.20. The molecule has 0 spiro atoms. The zero-order valence-corrected chi connectivity index (χ0v) is 13.9. The standard InChI is InChI=1S/C18H20N2O4/c1-12(2)14-5-4-6-16(9-14)24-11-18(21)19-15-8-7-13(3)17(10-15)20(22)23/h4-10,12H,11H2,1-3H3,(H,19,21). The molecule has 0 saturated carbocycles. The van der Waals surface area contributed by atoms with Crippen LogP contribution in [-0.4, -0.2) is 17.4 Å². The Kier molecular flexibility index (Phi) is 5.52. The lowest BCUT2D eigenvalue weighted by atomic mass is 10.0. The fourth-order valence-electron chi connectivity index (χ4n) is 2.19. The number of hydrogen-bond acceptors (Lipinski definition) is 4. The maximum absolute atomic E-state index is 12.0. The SMILES string of the molecule is Cc1ccc(NC(=O)COc2cccc(C(C)C)c2)cc1[N+](=O)[O-]. The van der Waals surface area contributed by atoms with Gasteiger partial charge in [-0.1, -0.05) is 32.0 Å². The minimum atomic E-state index is -0.473. The Hall–Kier alpha value is -2.89. The molecule has 0 saturated heterocycles. The number of nitrogens with one attached hydrogen (secondary N) is 1. The van der Waals surface area contributed by atoms with Crippen molar-refractivity contribution in [3.05, 3.63) is 63.7 Å². The van der Waals surface area contributed by atoms with E-state index in [9.17, 15) is 14.9 Å². The van der Waals surface area contributed by atoms with Crippen molar-refractivity contribution in [3.63, 3.8) is 0 Å². The number of anilines is 1. The summed E-state index contributed by atoms with van der Waals surface area (Å²) in [5.41, 5.74) is 2.01. The van der Waals surface area contributed by atoms with E-state index in [4.69, 9.17) is 4.74 Å². The third kappa shape index (κ3) is 4.55. The Balaban J connectivity index is 1.98. The highest BCUT2D eigenvalue weighted by Crippen LogP contribution is 2.23. The molecule has 0 aromatic heterocycles. The second-order valence-electron chi connectivity index (χ2n) is 5.82. The summed E-state index contributed by atoms with van der Waals surface area (Å²) in [6.45, 7) is 5.64. The second kappa shape index (κ2) is 7.59. The lowest BCUT2D eigenvalue weighted by molar-refractivity contribution is -0.385. The largest absolute Gasteiger partial charge is 0.484 e. The zero-order valence-electron chi connectivity index (χ0n) is 13.9. The van der Waals surface area contributed by atoms with Crippen molar-refractivity contribution < 1.29 is 14.5 Å². The predicted octanol–water partition coefficient (Wildman–Crippen LogP) is 4.04. The van der Waals surface area contributed by atoms with Crippen LogP contribution in [0, 0.1) is 17.0 Å². The van der Waals surface area contributed by atoms with Crippen LogP contribution in [0.5, 0.6) is 5.75 Å². The number of carbonyl (C=O) groups excluding carboxylic acids is 1. The summed E-state index contributed by atoms with van der Waals surface area (Å²) >= 11 is 0. The number of nitrogens with zero attached hydrogens (tertiary/aromatic N) is 1. The molecule has 1 N–H and O–H groups in total. The highest BCUT2D eigenvalue weighted by atomic mass is 16.6. The van der Waals surface area contributed by atoms with Gasteiger partial charge in [0.15, 0.2) is 6.61 Å². The first-order valence-electron chi connectivity index (χ1n) is 7.64. The number of nitro benzene ring substituents is 1. The molecular formula is C18H20N2O4. The number of rotatable bonds is 6. The number of carbonyl (C=O) groups is 1. The Morgan fingerprint density at radius 1 is 1.25 bits per heavy atom. The molecule has 2 rings (SSSR count). The van der Waals surface area contributed by atoms with Gasteiger partial charge in [-0.3, -0.25) is 14.9 Å². The summed E-state index contributed by atoms with van der Waals surface area (Å²) < 4.78 is 5.49. The fourth-order valence-corrected chi connectivity index (χ4v) is 2.19. The Bertz CT molecular complexity index is 756. The third-order valence-electron chi connectivity index (χ3n) is 3.58. The van der Waals surface area contributed by atoms with Crippen LogP contribution in [0.25, 0.3) is 0 Å². The molecule has 0 bridgehead atoms. The van der Waals surface area contributed by atoms with Crippen molar-refractivity contribution >= 4 is 17.3 Å². The van der Waals surface area contributed by atoms with Gasteiger partial charge in [-0.25, -0.2) is 0 Å². The first-order valence-corrected chi connectivity index (χ1v) is 7.64. The molecule has 2 aromatic carbocycles. The Labute approximate surface area is 140 Å². The van der Waals surface area contributed by atoms with Crippen molar-refractivity contribution in [1.29, 1.82) is 0 Å². The zero-order chi connectivity index (χ0) is 17.7. The minimum Gasteiger partial charge on any atom is -0.484 e. The van der Waals surface area contributed by atoms with Gasteiger partial charge in [0.05, 0.1) is 4.92 Å². The van der Waals surface area contributed by atoms with Gasteiger partial charge in [0.2, 0.25) is 0 Å². The maximum atomic E-state index is 12.0. The molecule has 0 aliphatic rings. The predicted molar refractivity (Wildman–Crippen MR) is 92.5 cm³/mol. The topological polar surface area (TPSA) is 81.5 Å². The molecule has 0 aliphatic heterocycles. The van der Waals surface area contributed by atoms with Crippen LogP contribution in [0.4, 0.5) is 11.4 Å². The number of ether oxygens (including phenoxy) is 1. The molecule has 6 nitrogen and oxygen atoms in total. The lowest BCUT2D eigenvalue weighted by Gasteiger charge is -2.10. The number of aryl methyl sites for hydroxylation is 1. The molecule has 0 atom stereocenters. The Morgan fingerprint density at radius 2 is 2.00 bits per heavy atom. The number of amides is 1. The van der Waals surface area contributed by atoms with Gasteiger partial charge < -0.3 is 10.1 Å². The van der Waals surface area contributed by atoms with E-state index >= 15 is 0 Å². The smallest absolute Gasteiger partial charge is 0.274 e. The monoisotopic (exact) mass is 328 g/mol. The minimum absolute atomic E-state index is 0.0293. The van der Waals surface area contributed by atoms with Gasteiger partial charge in [0, 0.05) is 17.3 Å². The molecule has 24 heavy (non-hydrogen) atoms. The highest BCUT2D eigenvalue weighted by Gasteiger charge is 2.12. The second-order valence-corrected chi connectivity index (χ2v) is 5.82. The van der Waals surface area contributed by atoms with E-state index in [2.05, 4.69) is 19.2 Å². The molecule has 126 valence electrons. The molecule has 0 radical (unpaired) electrons. The van der Waals surface area contributed by atoms with Crippen LogP contribution < -0.4 is 10.1 Å². The summed E-state index contributed by atoms with van der Waals surface area (Å²) in [6.07, 6.45) is 0. The van der Waals surface area contributed by atoms with E-state index in [0.717, 1.165) is 5.56 Å².